The zero-order chi connectivity index (χ0) is 13.0. The summed E-state index contributed by atoms with van der Waals surface area (Å²) in [5.74, 6) is -0.203. The van der Waals surface area contributed by atoms with Crippen molar-refractivity contribution in [1.82, 2.24) is 0 Å². The van der Waals surface area contributed by atoms with Crippen molar-refractivity contribution in [3.8, 4) is 0 Å². The first kappa shape index (κ1) is 12.8. The van der Waals surface area contributed by atoms with Gasteiger partial charge in [-0.2, -0.15) is 0 Å². The van der Waals surface area contributed by atoms with E-state index in [1.165, 1.54) is 23.3 Å². The Kier molecular flexibility index (Phi) is 4.11. The molecule has 0 saturated carbocycles. The quantitative estimate of drug-likeness (QED) is 0.876. The molecule has 0 fully saturated rings. The maximum absolute atomic E-state index is 12.8. The minimum Gasteiger partial charge on any atom is -0.327 e. The van der Waals surface area contributed by atoms with Gasteiger partial charge in [0.1, 0.15) is 5.82 Å². The molecular formula is C16H18FN. The summed E-state index contributed by atoms with van der Waals surface area (Å²) in [7, 11) is 0. The van der Waals surface area contributed by atoms with Gasteiger partial charge in [0.25, 0.3) is 0 Å². The van der Waals surface area contributed by atoms with E-state index < -0.39 is 0 Å². The number of aryl methyl sites for hydroxylation is 1. The predicted octanol–water partition coefficient (Wildman–Crippen LogP) is 3.25. The molecule has 0 heterocycles. The van der Waals surface area contributed by atoms with Crippen LogP contribution in [0.5, 0.6) is 0 Å². The van der Waals surface area contributed by atoms with Gasteiger partial charge in [-0.1, -0.05) is 36.4 Å². The Morgan fingerprint density at radius 2 is 1.67 bits per heavy atom. The molecule has 1 nitrogen and oxygen atoms in total. The Labute approximate surface area is 107 Å². The lowest BCUT2D eigenvalue weighted by Crippen LogP contribution is -2.25. The van der Waals surface area contributed by atoms with Gasteiger partial charge in [0, 0.05) is 6.04 Å². The Morgan fingerprint density at radius 1 is 1.00 bits per heavy atom. The SMILES string of the molecule is Cc1ccccc1CC(N)Cc1ccc(F)cc1. The summed E-state index contributed by atoms with van der Waals surface area (Å²) in [5.41, 5.74) is 9.79. The van der Waals surface area contributed by atoms with Gasteiger partial charge >= 0.3 is 0 Å². The summed E-state index contributed by atoms with van der Waals surface area (Å²) in [5, 5.41) is 0. The smallest absolute Gasteiger partial charge is 0.123 e. The average molecular weight is 243 g/mol. The lowest BCUT2D eigenvalue weighted by atomic mass is 9.97. The molecule has 18 heavy (non-hydrogen) atoms. The van der Waals surface area contributed by atoms with Crippen LogP contribution in [0.25, 0.3) is 0 Å². The van der Waals surface area contributed by atoms with Crippen molar-refractivity contribution in [3.63, 3.8) is 0 Å². The highest BCUT2D eigenvalue weighted by Crippen LogP contribution is 2.12. The average Bonchev–Trinajstić information content (AvgIpc) is 2.35. The third-order valence-electron chi connectivity index (χ3n) is 3.15. The van der Waals surface area contributed by atoms with Crippen molar-refractivity contribution in [1.29, 1.82) is 0 Å². The van der Waals surface area contributed by atoms with E-state index in [-0.39, 0.29) is 11.9 Å². The predicted molar refractivity (Wildman–Crippen MR) is 73.0 cm³/mol. The molecule has 0 saturated heterocycles. The van der Waals surface area contributed by atoms with Crippen molar-refractivity contribution < 1.29 is 4.39 Å². The number of hydrogen-bond acceptors (Lipinski definition) is 1. The van der Waals surface area contributed by atoms with E-state index in [1.807, 2.05) is 12.1 Å². The molecule has 2 N–H and O–H groups in total. The molecule has 0 bridgehead atoms. The van der Waals surface area contributed by atoms with Gasteiger partial charge in [-0.05, 0) is 48.6 Å². The lowest BCUT2D eigenvalue weighted by Gasteiger charge is -2.13. The normalized spacial score (nSPS) is 12.4. The third-order valence-corrected chi connectivity index (χ3v) is 3.15. The second-order valence-corrected chi connectivity index (χ2v) is 4.72. The minimum absolute atomic E-state index is 0.0663. The Bertz CT molecular complexity index is 505. The van der Waals surface area contributed by atoms with Crippen LogP contribution in [-0.2, 0) is 12.8 Å². The second kappa shape index (κ2) is 5.78. The van der Waals surface area contributed by atoms with Gasteiger partial charge < -0.3 is 5.73 Å². The van der Waals surface area contributed by atoms with E-state index >= 15 is 0 Å². The van der Waals surface area contributed by atoms with Crippen molar-refractivity contribution in [2.24, 2.45) is 5.73 Å². The molecule has 0 aliphatic rings. The molecular weight excluding hydrogens is 225 g/mol. The molecule has 0 spiro atoms. The van der Waals surface area contributed by atoms with Crippen LogP contribution in [0.3, 0.4) is 0 Å². The Balaban J connectivity index is 1.99. The third kappa shape index (κ3) is 3.41. The maximum atomic E-state index is 12.8. The fourth-order valence-corrected chi connectivity index (χ4v) is 2.12. The van der Waals surface area contributed by atoms with Gasteiger partial charge in [0.2, 0.25) is 0 Å². The summed E-state index contributed by atoms with van der Waals surface area (Å²) < 4.78 is 12.8. The monoisotopic (exact) mass is 243 g/mol. The van der Waals surface area contributed by atoms with Crippen LogP contribution in [0.2, 0.25) is 0 Å². The van der Waals surface area contributed by atoms with Crippen LogP contribution >= 0.6 is 0 Å². The van der Waals surface area contributed by atoms with E-state index in [0.29, 0.717) is 0 Å². The molecule has 94 valence electrons. The van der Waals surface area contributed by atoms with E-state index in [9.17, 15) is 4.39 Å². The van der Waals surface area contributed by atoms with Crippen LogP contribution in [0, 0.1) is 12.7 Å². The molecule has 2 rings (SSSR count). The summed E-state index contributed by atoms with van der Waals surface area (Å²) in [6, 6.07) is 14.9. The van der Waals surface area contributed by atoms with Crippen molar-refractivity contribution in [3.05, 3.63) is 71.0 Å². The largest absolute Gasteiger partial charge is 0.327 e. The van der Waals surface area contributed by atoms with Crippen LogP contribution < -0.4 is 5.73 Å². The number of halogens is 1. The molecule has 0 amide bonds. The van der Waals surface area contributed by atoms with Crippen LogP contribution in [0.4, 0.5) is 4.39 Å². The maximum Gasteiger partial charge on any atom is 0.123 e. The zero-order valence-corrected chi connectivity index (χ0v) is 10.6. The number of rotatable bonds is 4. The lowest BCUT2D eigenvalue weighted by molar-refractivity contribution is 0.623. The fraction of sp³-hybridized carbons (Fsp3) is 0.250. The van der Waals surface area contributed by atoms with Crippen LogP contribution in [0.15, 0.2) is 48.5 Å². The topological polar surface area (TPSA) is 26.0 Å². The number of benzene rings is 2. The molecule has 1 unspecified atom stereocenters. The standard InChI is InChI=1S/C16H18FN/c1-12-4-2-3-5-14(12)11-16(18)10-13-6-8-15(17)9-7-13/h2-9,16H,10-11,18H2,1H3. The number of nitrogens with two attached hydrogens (primary N) is 1. The van der Waals surface area contributed by atoms with Crippen LogP contribution in [0.1, 0.15) is 16.7 Å². The highest BCUT2D eigenvalue weighted by Gasteiger charge is 2.07. The van der Waals surface area contributed by atoms with E-state index in [4.69, 9.17) is 5.73 Å². The molecule has 2 aromatic carbocycles. The van der Waals surface area contributed by atoms with Gasteiger partial charge in [-0.25, -0.2) is 4.39 Å². The van der Waals surface area contributed by atoms with Gasteiger partial charge in [0.05, 0.1) is 0 Å². The minimum atomic E-state index is -0.203. The van der Waals surface area contributed by atoms with Crippen molar-refractivity contribution in [2.45, 2.75) is 25.8 Å². The van der Waals surface area contributed by atoms with Crippen LogP contribution in [-0.4, -0.2) is 6.04 Å². The van der Waals surface area contributed by atoms with E-state index in [2.05, 4.69) is 19.1 Å². The first-order valence-electron chi connectivity index (χ1n) is 6.19. The Morgan fingerprint density at radius 3 is 2.33 bits per heavy atom. The van der Waals surface area contributed by atoms with Gasteiger partial charge in [-0.15, -0.1) is 0 Å². The molecule has 1 atom stereocenters. The zero-order valence-electron chi connectivity index (χ0n) is 10.6. The van der Waals surface area contributed by atoms with Crippen molar-refractivity contribution >= 4 is 0 Å². The first-order valence-corrected chi connectivity index (χ1v) is 6.19. The summed E-state index contributed by atoms with van der Waals surface area (Å²) in [6.07, 6.45) is 1.62. The summed E-state index contributed by atoms with van der Waals surface area (Å²) >= 11 is 0. The highest BCUT2D eigenvalue weighted by atomic mass is 19.1. The first-order chi connectivity index (χ1) is 8.65. The molecule has 2 aromatic rings. The number of hydrogen-bond donors (Lipinski definition) is 1. The second-order valence-electron chi connectivity index (χ2n) is 4.72. The van der Waals surface area contributed by atoms with E-state index in [0.717, 1.165) is 18.4 Å². The van der Waals surface area contributed by atoms with Gasteiger partial charge in [0.15, 0.2) is 0 Å². The molecule has 0 radical (unpaired) electrons. The molecule has 0 aromatic heterocycles. The molecule has 0 aliphatic carbocycles. The fourth-order valence-electron chi connectivity index (χ4n) is 2.12. The molecule has 0 aliphatic heterocycles. The summed E-state index contributed by atoms with van der Waals surface area (Å²) in [6.45, 7) is 2.10. The highest BCUT2D eigenvalue weighted by molar-refractivity contribution is 5.27. The summed E-state index contributed by atoms with van der Waals surface area (Å²) in [4.78, 5) is 0. The van der Waals surface area contributed by atoms with Crippen molar-refractivity contribution in [2.75, 3.05) is 0 Å². The van der Waals surface area contributed by atoms with E-state index in [1.54, 1.807) is 12.1 Å². The van der Waals surface area contributed by atoms with Gasteiger partial charge in [-0.3, -0.25) is 0 Å². The Hall–Kier alpha value is -1.67. The molecule has 2 heteroatoms.